The minimum atomic E-state index is 0.0848. The SMILES string of the molecule is CC1CCCC2C(=O)NOC12. The van der Waals surface area contributed by atoms with Gasteiger partial charge in [0.1, 0.15) is 0 Å². The number of hydroxylamine groups is 1. The number of hydrogen-bond donors (Lipinski definition) is 1. The third-order valence-electron chi connectivity index (χ3n) is 2.76. The summed E-state index contributed by atoms with van der Waals surface area (Å²) in [6, 6.07) is 0. The molecule has 1 saturated heterocycles. The average Bonchev–Trinajstić information content (AvgIpc) is 2.35. The van der Waals surface area contributed by atoms with Gasteiger partial charge in [0.25, 0.3) is 0 Å². The van der Waals surface area contributed by atoms with Crippen LogP contribution in [0.25, 0.3) is 0 Å². The van der Waals surface area contributed by atoms with Crippen molar-refractivity contribution in [1.29, 1.82) is 0 Å². The molecule has 0 spiro atoms. The van der Waals surface area contributed by atoms with Gasteiger partial charge in [-0.05, 0) is 18.8 Å². The minimum Gasteiger partial charge on any atom is -0.272 e. The number of rotatable bonds is 0. The van der Waals surface area contributed by atoms with Gasteiger partial charge in [-0.3, -0.25) is 9.63 Å². The lowest BCUT2D eigenvalue weighted by Gasteiger charge is -2.26. The lowest BCUT2D eigenvalue weighted by molar-refractivity contribution is -0.126. The molecule has 1 heterocycles. The van der Waals surface area contributed by atoms with Crippen molar-refractivity contribution >= 4 is 5.91 Å². The Kier molecular flexibility index (Phi) is 1.60. The zero-order valence-corrected chi connectivity index (χ0v) is 6.67. The molecule has 3 nitrogen and oxygen atoms in total. The van der Waals surface area contributed by atoms with E-state index in [9.17, 15) is 4.79 Å². The average molecular weight is 155 g/mol. The highest BCUT2D eigenvalue weighted by Crippen LogP contribution is 2.33. The van der Waals surface area contributed by atoms with Crippen molar-refractivity contribution in [3.05, 3.63) is 0 Å². The van der Waals surface area contributed by atoms with Crippen LogP contribution < -0.4 is 5.48 Å². The van der Waals surface area contributed by atoms with Crippen LogP contribution in [0.3, 0.4) is 0 Å². The summed E-state index contributed by atoms with van der Waals surface area (Å²) in [7, 11) is 0. The van der Waals surface area contributed by atoms with Crippen molar-refractivity contribution < 1.29 is 9.63 Å². The van der Waals surface area contributed by atoms with Crippen LogP contribution in [0.5, 0.6) is 0 Å². The van der Waals surface area contributed by atoms with Crippen LogP contribution >= 0.6 is 0 Å². The summed E-state index contributed by atoms with van der Waals surface area (Å²) in [5, 5.41) is 0. The monoisotopic (exact) mass is 155 g/mol. The van der Waals surface area contributed by atoms with E-state index in [-0.39, 0.29) is 17.9 Å². The minimum absolute atomic E-state index is 0.0848. The maximum Gasteiger partial charge on any atom is 0.249 e. The molecule has 3 heteroatoms. The predicted octanol–water partition coefficient (Wildman–Crippen LogP) is 0.853. The van der Waals surface area contributed by atoms with E-state index < -0.39 is 0 Å². The van der Waals surface area contributed by atoms with Crippen molar-refractivity contribution in [2.75, 3.05) is 0 Å². The molecule has 0 aromatic carbocycles. The second-order valence-corrected chi connectivity index (χ2v) is 3.56. The van der Waals surface area contributed by atoms with Gasteiger partial charge in [-0.2, -0.15) is 0 Å². The Morgan fingerprint density at radius 2 is 2.36 bits per heavy atom. The molecule has 2 aliphatic rings. The summed E-state index contributed by atoms with van der Waals surface area (Å²) in [6.07, 6.45) is 3.51. The molecule has 3 atom stereocenters. The van der Waals surface area contributed by atoms with E-state index in [2.05, 4.69) is 12.4 Å². The highest BCUT2D eigenvalue weighted by Gasteiger charge is 2.41. The third-order valence-corrected chi connectivity index (χ3v) is 2.76. The van der Waals surface area contributed by atoms with Crippen LogP contribution in [0, 0.1) is 11.8 Å². The molecule has 1 aliphatic heterocycles. The lowest BCUT2D eigenvalue weighted by Crippen LogP contribution is -2.31. The molecule has 0 bridgehead atoms. The van der Waals surface area contributed by atoms with Gasteiger partial charge in [0.15, 0.2) is 0 Å². The van der Waals surface area contributed by atoms with E-state index in [0.29, 0.717) is 5.92 Å². The lowest BCUT2D eigenvalue weighted by atomic mass is 9.80. The molecule has 11 heavy (non-hydrogen) atoms. The van der Waals surface area contributed by atoms with E-state index in [1.807, 2.05) is 0 Å². The molecule has 0 aromatic rings. The summed E-state index contributed by atoms with van der Waals surface area (Å²) in [5.41, 5.74) is 2.45. The maximum absolute atomic E-state index is 11.1. The normalized spacial score (nSPS) is 43.4. The summed E-state index contributed by atoms with van der Waals surface area (Å²) >= 11 is 0. The van der Waals surface area contributed by atoms with E-state index in [0.717, 1.165) is 6.42 Å². The third kappa shape index (κ3) is 1.03. The van der Waals surface area contributed by atoms with E-state index >= 15 is 0 Å². The number of amides is 1. The van der Waals surface area contributed by atoms with Crippen LogP contribution in [0.4, 0.5) is 0 Å². The molecule has 1 amide bonds. The molecule has 0 aromatic heterocycles. The molecule has 2 rings (SSSR count). The van der Waals surface area contributed by atoms with Crippen LogP contribution in [0.2, 0.25) is 0 Å². The van der Waals surface area contributed by atoms with Crippen molar-refractivity contribution in [2.24, 2.45) is 11.8 Å². The fraction of sp³-hybridized carbons (Fsp3) is 0.875. The Morgan fingerprint density at radius 3 is 3.09 bits per heavy atom. The second kappa shape index (κ2) is 2.48. The Morgan fingerprint density at radius 1 is 1.55 bits per heavy atom. The Balaban J connectivity index is 2.12. The van der Waals surface area contributed by atoms with Gasteiger partial charge >= 0.3 is 0 Å². The maximum atomic E-state index is 11.1. The molecule has 1 saturated carbocycles. The fourth-order valence-electron chi connectivity index (χ4n) is 2.07. The molecule has 2 fully saturated rings. The molecule has 62 valence electrons. The highest BCUT2D eigenvalue weighted by molar-refractivity contribution is 5.79. The molecular weight excluding hydrogens is 142 g/mol. The second-order valence-electron chi connectivity index (χ2n) is 3.56. The molecule has 1 aliphatic carbocycles. The van der Waals surface area contributed by atoms with Crippen LogP contribution in [-0.4, -0.2) is 12.0 Å². The number of hydrogen-bond acceptors (Lipinski definition) is 2. The van der Waals surface area contributed by atoms with Crippen LogP contribution in [0.15, 0.2) is 0 Å². The van der Waals surface area contributed by atoms with Gasteiger partial charge < -0.3 is 0 Å². The van der Waals surface area contributed by atoms with Gasteiger partial charge in [-0.25, -0.2) is 5.48 Å². The fourth-order valence-corrected chi connectivity index (χ4v) is 2.07. The quantitative estimate of drug-likeness (QED) is 0.563. The molecular formula is C8H13NO2. The summed E-state index contributed by atoms with van der Waals surface area (Å²) in [5.74, 6) is 0.757. The van der Waals surface area contributed by atoms with Gasteiger partial charge in [-0.1, -0.05) is 13.3 Å². The zero-order valence-electron chi connectivity index (χ0n) is 6.67. The molecule has 1 N–H and O–H groups in total. The topological polar surface area (TPSA) is 38.3 Å². The van der Waals surface area contributed by atoms with Crippen molar-refractivity contribution in [1.82, 2.24) is 5.48 Å². The highest BCUT2D eigenvalue weighted by atomic mass is 16.7. The number of nitrogens with one attached hydrogen (secondary N) is 1. The van der Waals surface area contributed by atoms with Crippen molar-refractivity contribution in [2.45, 2.75) is 32.3 Å². The Labute approximate surface area is 66.1 Å². The van der Waals surface area contributed by atoms with E-state index in [1.165, 1.54) is 12.8 Å². The van der Waals surface area contributed by atoms with Gasteiger partial charge in [0.2, 0.25) is 5.91 Å². The molecule has 3 unspecified atom stereocenters. The first-order valence-corrected chi connectivity index (χ1v) is 4.24. The summed E-state index contributed by atoms with van der Waals surface area (Å²) in [6.45, 7) is 2.15. The van der Waals surface area contributed by atoms with E-state index in [4.69, 9.17) is 4.84 Å². The van der Waals surface area contributed by atoms with Crippen LogP contribution in [0.1, 0.15) is 26.2 Å². The van der Waals surface area contributed by atoms with Gasteiger partial charge in [-0.15, -0.1) is 0 Å². The zero-order chi connectivity index (χ0) is 7.84. The predicted molar refractivity (Wildman–Crippen MR) is 39.5 cm³/mol. The largest absolute Gasteiger partial charge is 0.272 e. The first-order valence-electron chi connectivity index (χ1n) is 4.24. The van der Waals surface area contributed by atoms with Gasteiger partial charge in [0, 0.05) is 0 Å². The standard InChI is InChI=1S/C8H13NO2/c1-5-3-2-4-6-7(5)11-9-8(6)10/h5-7H,2-4H2,1H3,(H,9,10). The first kappa shape index (κ1) is 7.10. The molecule has 0 radical (unpaired) electrons. The summed E-state index contributed by atoms with van der Waals surface area (Å²) in [4.78, 5) is 16.3. The van der Waals surface area contributed by atoms with Crippen molar-refractivity contribution in [3.8, 4) is 0 Å². The van der Waals surface area contributed by atoms with Crippen LogP contribution in [-0.2, 0) is 9.63 Å². The summed E-state index contributed by atoms with van der Waals surface area (Å²) < 4.78 is 0. The number of carbonyl (C=O) groups excluding carboxylic acids is 1. The smallest absolute Gasteiger partial charge is 0.249 e. The Hall–Kier alpha value is -0.570. The van der Waals surface area contributed by atoms with Crippen molar-refractivity contribution in [3.63, 3.8) is 0 Å². The first-order chi connectivity index (χ1) is 5.29. The Bertz CT molecular complexity index is 181. The number of fused-ring (bicyclic) bond motifs is 1. The number of carbonyl (C=O) groups is 1. The van der Waals surface area contributed by atoms with Gasteiger partial charge in [0.05, 0.1) is 12.0 Å². The van der Waals surface area contributed by atoms with E-state index in [1.54, 1.807) is 0 Å².